The fourth-order valence-corrected chi connectivity index (χ4v) is 3.35. The van der Waals surface area contributed by atoms with Gasteiger partial charge in [-0.25, -0.2) is 0 Å². The highest BCUT2D eigenvalue weighted by Gasteiger charge is 2.31. The van der Waals surface area contributed by atoms with Gasteiger partial charge in [0, 0.05) is 25.9 Å². The van der Waals surface area contributed by atoms with Crippen LogP contribution >= 0.6 is 0 Å². The first-order valence-corrected chi connectivity index (χ1v) is 6.48. The molecule has 4 rings (SSSR count). The second kappa shape index (κ2) is 3.61. The van der Waals surface area contributed by atoms with E-state index >= 15 is 0 Å². The summed E-state index contributed by atoms with van der Waals surface area (Å²) in [6.07, 6.45) is 1.61. The van der Waals surface area contributed by atoms with Gasteiger partial charge >= 0.3 is 0 Å². The molecule has 2 aliphatic heterocycles. The quantitative estimate of drug-likeness (QED) is 0.733. The highest BCUT2D eigenvalue weighted by Crippen LogP contribution is 2.38. The van der Waals surface area contributed by atoms with Gasteiger partial charge in [-0.1, -0.05) is 24.6 Å². The first kappa shape index (κ1) is 7.93. The lowest BCUT2D eigenvalue weighted by Crippen LogP contribution is -2.38. The number of rotatable bonds is 0. The third-order valence-corrected chi connectivity index (χ3v) is 4.18. The van der Waals surface area contributed by atoms with E-state index in [0.29, 0.717) is 19.0 Å². The maximum Gasteiger partial charge on any atom is 0.0501 e. The molecule has 0 amide bonds. The van der Waals surface area contributed by atoms with Crippen LogP contribution in [0.1, 0.15) is 39.3 Å². The predicted octanol–water partition coefficient (Wildman–Crippen LogP) is 3.25. The minimum absolute atomic E-state index is 0.389. The molecule has 17 heavy (non-hydrogen) atoms. The van der Waals surface area contributed by atoms with Gasteiger partial charge in [0.05, 0.1) is 6.04 Å². The molecule has 2 nitrogen and oxygen atoms in total. The summed E-state index contributed by atoms with van der Waals surface area (Å²) in [6, 6.07) is 8.90. The summed E-state index contributed by atoms with van der Waals surface area (Å²) in [5.74, 6) is 0. The number of nitrogens with zero attached hydrogens (tertiary/aromatic N) is 1. The van der Waals surface area contributed by atoms with E-state index in [-0.39, 0.29) is 0 Å². The molecule has 0 aliphatic carbocycles. The number of piperidine rings is 1. The second-order valence-corrected chi connectivity index (χ2v) is 5.09. The number of hydrogen-bond donors (Lipinski definition) is 1. The van der Waals surface area contributed by atoms with Crippen molar-refractivity contribution >= 4 is 10.9 Å². The Morgan fingerprint density at radius 3 is 3.24 bits per heavy atom. The number of aromatic nitrogens is 1. The van der Waals surface area contributed by atoms with Crippen LogP contribution < -0.4 is 0 Å². The van der Waals surface area contributed by atoms with Crippen molar-refractivity contribution in [2.24, 2.45) is 0 Å². The largest absolute Gasteiger partial charge is 0.357 e. The number of fused-ring (bicyclic) bond motifs is 5. The Labute approximate surface area is 104 Å². The maximum absolute atomic E-state index is 7.96. The number of benzene rings is 1. The molecule has 1 aromatic carbocycles. The Morgan fingerprint density at radius 2 is 2.24 bits per heavy atom. The van der Waals surface area contributed by atoms with E-state index in [9.17, 15) is 0 Å². The van der Waals surface area contributed by atoms with Crippen molar-refractivity contribution in [2.45, 2.75) is 31.7 Å². The van der Waals surface area contributed by atoms with Crippen molar-refractivity contribution in [3.63, 3.8) is 0 Å². The van der Waals surface area contributed by atoms with Gasteiger partial charge in [-0.05, 0) is 37.4 Å². The summed E-state index contributed by atoms with van der Waals surface area (Å²) in [5, 5.41) is 1.35. The molecule has 0 spiro atoms. The molecule has 1 N–H and O–H groups in total. The zero-order valence-corrected chi connectivity index (χ0v) is 9.87. The summed E-state index contributed by atoms with van der Waals surface area (Å²) in [6.45, 7) is 1.56. The van der Waals surface area contributed by atoms with E-state index in [2.05, 4.69) is 34.1 Å². The van der Waals surface area contributed by atoms with Crippen molar-refractivity contribution in [1.82, 2.24) is 9.88 Å². The van der Waals surface area contributed by atoms with Crippen molar-refractivity contribution in [2.75, 3.05) is 13.1 Å². The number of nitrogens with one attached hydrogen (secondary N) is 1. The second-order valence-electron chi connectivity index (χ2n) is 5.09. The van der Waals surface area contributed by atoms with Crippen LogP contribution in [0.2, 0.25) is 0 Å². The van der Waals surface area contributed by atoms with Crippen LogP contribution in [0.5, 0.6) is 0 Å². The van der Waals surface area contributed by atoms with E-state index in [1.165, 1.54) is 22.2 Å². The highest BCUT2D eigenvalue weighted by molar-refractivity contribution is 5.85. The van der Waals surface area contributed by atoms with Gasteiger partial charge in [0.15, 0.2) is 0 Å². The Hall–Kier alpha value is -1.28. The van der Waals surface area contributed by atoms with E-state index < -0.39 is 6.37 Å². The minimum atomic E-state index is -1.01. The van der Waals surface area contributed by atoms with Gasteiger partial charge in [-0.3, -0.25) is 4.90 Å². The van der Waals surface area contributed by atoms with Gasteiger partial charge < -0.3 is 4.98 Å². The first-order valence-electron chi connectivity index (χ1n) is 7.48. The van der Waals surface area contributed by atoms with Crippen LogP contribution in [0.4, 0.5) is 0 Å². The normalized spacial score (nSPS) is 29.3. The van der Waals surface area contributed by atoms with Crippen LogP contribution in [0.15, 0.2) is 24.3 Å². The summed E-state index contributed by atoms with van der Waals surface area (Å²) in [4.78, 5) is 5.90. The average Bonchev–Trinajstić information content (AvgIpc) is 2.75. The molecule has 1 aromatic heterocycles. The smallest absolute Gasteiger partial charge is 0.0501 e. The number of H-pyrrole nitrogens is 1. The van der Waals surface area contributed by atoms with Crippen LogP contribution in [0, 0.1) is 0 Å². The Bertz CT molecular complexity index is 632. The van der Waals surface area contributed by atoms with Gasteiger partial charge in [-0.15, -0.1) is 0 Å². The molecule has 2 aromatic rings. The standard InChI is InChI=1S/C15H18N2/c1-2-6-13-11(5-1)12-8-10-17-9-4-3-7-14(17)15(12)16-13/h1-2,5-6,14,16H,3-4,7-10H2/i4D2. The topological polar surface area (TPSA) is 19.0 Å². The molecule has 1 saturated heterocycles. The molecule has 2 heteroatoms. The lowest BCUT2D eigenvalue weighted by Gasteiger charge is -2.39. The van der Waals surface area contributed by atoms with Gasteiger partial charge in [0.1, 0.15) is 0 Å². The molecule has 1 unspecified atom stereocenters. The summed E-state index contributed by atoms with van der Waals surface area (Å²) in [7, 11) is 0. The minimum Gasteiger partial charge on any atom is -0.357 e. The van der Waals surface area contributed by atoms with Gasteiger partial charge in [0.2, 0.25) is 0 Å². The monoisotopic (exact) mass is 228 g/mol. The highest BCUT2D eigenvalue weighted by atomic mass is 15.2. The molecule has 0 bridgehead atoms. The predicted molar refractivity (Wildman–Crippen MR) is 70.2 cm³/mol. The van der Waals surface area contributed by atoms with E-state index in [1.807, 2.05) is 0 Å². The fraction of sp³-hybridized carbons (Fsp3) is 0.467. The number of para-hydroxylation sites is 1. The van der Waals surface area contributed by atoms with E-state index in [0.717, 1.165) is 19.4 Å². The molecule has 1 atom stereocenters. The molecular formula is C15H18N2. The fourth-order valence-electron chi connectivity index (χ4n) is 3.35. The molecule has 3 heterocycles. The molecule has 0 radical (unpaired) electrons. The molecule has 2 aliphatic rings. The average molecular weight is 228 g/mol. The summed E-state index contributed by atoms with van der Waals surface area (Å²) >= 11 is 0. The Balaban J connectivity index is 1.80. The number of aromatic amines is 1. The molecular weight excluding hydrogens is 208 g/mol. The van der Waals surface area contributed by atoms with Crippen molar-refractivity contribution < 1.29 is 2.74 Å². The summed E-state index contributed by atoms with van der Waals surface area (Å²) in [5.41, 5.74) is 4.02. The van der Waals surface area contributed by atoms with Gasteiger partial charge in [0.25, 0.3) is 0 Å². The van der Waals surface area contributed by atoms with Gasteiger partial charge in [-0.2, -0.15) is 0 Å². The van der Waals surface area contributed by atoms with E-state index in [4.69, 9.17) is 2.74 Å². The Kier molecular flexibility index (Phi) is 1.68. The zero-order valence-electron chi connectivity index (χ0n) is 11.9. The SMILES string of the molecule is [2H]C1([2H])CCC2c3[nH]c4ccccc4c3CCN2C1. The lowest BCUT2D eigenvalue weighted by molar-refractivity contribution is 0.136. The van der Waals surface area contributed by atoms with Crippen LogP contribution in [0.25, 0.3) is 10.9 Å². The molecule has 88 valence electrons. The van der Waals surface area contributed by atoms with Crippen LogP contribution in [-0.2, 0) is 6.42 Å². The third kappa shape index (κ3) is 1.37. The number of hydrogen-bond acceptors (Lipinski definition) is 1. The maximum atomic E-state index is 7.96. The first-order chi connectivity index (χ1) is 9.14. The van der Waals surface area contributed by atoms with Crippen LogP contribution in [0.3, 0.4) is 0 Å². The lowest BCUT2D eigenvalue weighted by atomic mass is 9.91. The van der Waals surface area contributed by atoms with Crippen LogP contribution in [-0.4, -0.2) is 23.0 Å². The van der Waals surface area contributed by atoms with Crippen molar-refractivity contribution in [3.05, 3.63) is 35.5 Å². The van der Waals surface area contributed by atoms with Crippen molar-refractivity contribution in [3.8, 4) is 0 Å². The summed E-state index contributed by atoms with van der Waals surface area (Å²) < 4.78 is 15.9. The van der Waals surface area contributed by atoms with E-state index in [1.54, 1.807) is 0 Å². The van der Waals surface area contributed by atoms with Crippen molar-refractivity contribution in [1.29, 1.82) is 0 Å². The zero-order chi connectivity index (χ0) is 13.0. The third-order valence-electron chi connectivity index (χ3n) is 4.18. The Morgan fingerprint density at radius 1 is 1.29 bits per heavy atom. The molecule has 1 fully saturated rings. The molecule has 0 saturated carbocycles.